The average molecular weight is 317 g/mol. The molecular formula is C16H29ClN2O2. The highest BCUT2D eigenvalue weighted by Gasteiger charge is 2.30. The third-order valence-corrected chi connectivity index (χ3v) is 4.83. The molecule has 122 valence electrons. The number of rotatable bonds is 3. The number of alkyl halides is 1. The number of nitrogens with zero attached hydrogens (tertiary/aromatic N) is 2. The van der Waals surface area contributed by atoms with E-state index in [0.717, 1.165) is 32.5 Å². The molecule has 0 aromatic carbocycles. The molecule has 5 heteroatoms. The molecule has 1 amide bonds. The first kappa shape index (κ1) is 16.9. The quantitative estimate of drug-likeness (QED) is 0.749. The number of likely N-dealkylation sites (tertiary alicyclic amines) is 2. The summed E-state index contributed by atoms with van der Waals surface area (Å²) in [6.45, 7) is 10.6. The molecule has 0 aliphatic carbocycles. The first-order valence-electron chi connectivity index (χ1n) is 8.19. The molecule has 21 heavy (non-hydrogen) atoms. The highest BCUT2D eigenvalue weighted by Crippen LogP contribution is 2.26. The lowest BCUT2D eigenvalue weighted by Crippen LogP contribution is -2.44. The molecule has 0 bridgehead atoms. The van der Waals surface area contributed by atoms with Gasteiger partial charge in [0.1, 0.15) is 5.60 Å². The fourth-order valence-corrected chi connectivity index (χ4v) is 3.58. The standard InChI is InChI=1S/C16H29ClN2O2/c1-16(2,3)21-15(20)19-10-6-13(7-11-19)14(17)12-18-8-4-5-9-18/h13-14H,4-12H2,1-3H3. The van der Waals surface area contributed by atoms with Gasteiger partial charge in [0.25, 0.3) is 0 Å². The highest BCUT2D eigenvalue weighted by molar-refractivity contribution is 6.21. The lowest BCUT2D eigenvalue weighted by atomic mass is 9.93. The summed E-state index contributed by atoms with van der Waals surface area (Å²) in [5.41, 5.74) is -0.418. The summed E-state index contributed by atoms with van der Waals surface area (Å²) < 4.78 is 5.43. The summed E-state index contributed by atoms with van der Waals surface area (Å²) in [4.78, 5) is 16.3. The Morgan fingerprint density at radius 1 is 1.19 bits per heavy atom. The van der Waals surface area contributed by atoms with Crippen LogP contribution in [-0.4, -0.2) is 59.6 Å². The van der Waals surface area contributed by atoms with E-state index in [1.54, 1.807) is 0 Å². The Bertz CT molecular complexity index is 343. The van der Waals surface area contributed by atoms with Gasteiger partial charge >= 0.3 is 6.09 Å². The predicted octanol–water partition coefficient (Wildman–Crippen LogP) is 3.34. The van der Waals surface area contributed by atoms with Gasteiger partial charge < -0.3 is 14.5 Å². The van der Waals surface area contributed by atoms with Crippen molar-refractivity contribution in [1.82, 2.24) is 9.80 Å². The van der Waals surface area contributed by atoms with Gasteiger partial charge in [0.15, 0.2) is 0 Å². The van der Waals surface area contributed by atoms with Gasteiger partial charge in [0.05, 0.1) is 0 Å². The van der Waals surface area contributed by atoms with Crippen molar-refractivity contribution in [3.63, 3.8) is 0 Å². The van der Waals surface area contributed by atoms with E-state index in [4.69, 9.17) is 16.3 Å². The molecule has 1 unspecified atom stereocenters. The largest absolute Gasteiger partial charge is 0.444 e. The topological polar surface area (TPSA) is 32.8 Å². The van der Waals surface area contributed by atoms with Crippen LogP contribution in [0.1, 0.15) is 46.5 Å². The molecule has 0 aromatic heterocycles. The van der Waals surface area contributed by atoms with Crippen molar-refractivity contribution in [2.75, 3.05) is 32.7 Å². The molecule has 4 nitrogen and oxygen atoms in total. The summed E-state index contributed by atoms with van der Waals surface area (Å²) in [5.74, 6) is 0.519. The summed E-state index contributed by atoms with van der Waals surface area (Å²) in [7, 11) is 0. The van der Waals surface area contributed by atoms with Crippen molar-refractivity contribution < 1.29 is 9.53 Å². The molecule has 0 radical (unpaired) electrons. The van der Waals surface area contributed by atoms with E-state index in [1.807, 2.05) is 25.7 Å². The maximum absolute atomic E-state index is 12.0. The zero-order chi connectivity index (χ0) is 15.5. The molecule has 0 saturated carbocycles. The van der Waals surface area contributed by atoms with Crippen molar-refractivity contribution in [2.24, 2.45) is 5.92 Å². The Labute approximate surface area is 133 Å². The molecule has 0 aromatic rings. The number of hydrogen-bond acceptors (Lipinski definition) is 3. The summed E-state index contributed by atoms with van der Waals surface area (Å²) in [5, 5.41) is 0.212. The molecule has 2 rings (SSSR count). The maximum atomic E-state index is 12.0. The van der Waals surface area contributed by atoms with Gasteiger partial charge in [0.2, 0.25) is 0 Å². The second-order valence-corrected chi connectivity index (χ2v) is 7.89. The molecule has 2 heterocycles. The van der Waals surface area contributed by atoms with Crippen molar-refractivity contribution in [3.05, 3.63) is 0 Å². The number of carbonyl (C=O) groups excluding carboxylic acids is 1. The minimum absolute atomic E-state index is 0.188. The molecule has 2 aliphatic heterocycles. The molecule has 0 spiro atoms. The van der Waals surface area contributed by atoms with E-state index in [0.29, 0.717) is 5.92 Å². The minimum atomic E-state index is -0.418. The van der Waals surface area contributed by atoms with Crippen molar-refractivity contribution >= 4 is 17.7 Å². The summed E-state index contributed by atoms with van der Waals surface area (Å²) >= 11 is 6.60. The second kappa shape index (κ2) is 7.19. The van der Waals surface area contributed by atoms with Crippen molar-refractivity contribution in [3.8, 4) is 0 Å². The number of hydrogen-bond donors (Lipinski definition) is 0. The normalized spacial score (nSPS) is 23.3. The number of carbonyl (C=O) groups is 1. The maximum Gasteiger partial charge on any atom is 0.410 e. The van der Waals surface area contributed by atoms with E-state index >= 15 is 0 Å². The van der Waals surface area contributed by atoms with Crippen LogP contribution in [0.3, 0.4) is 0 Å². The first-order valence-corrected chi connectivity index (χ1v) is 8.63. The van der Waals surface area contributed by atoms with Crippen LogP contribution in [0.25, 0.3) is 0 Å². The van der Waals surface area contributed by atoms with Gasteiger partial charge in [0, 0.05) is 25.0 Å². The Morgan fingerprint density at radius 3 is 2.29 bits per heavy atom. The Morgan fingerprint density at radius 2 is 1.76 bits per heavy atom. The number of ether oxygens (including phenoxy) is 1. The zero-order valence-corrected chi connectivity index (χ0v) is 14.4. The van der Waals surface area contributed by atoms with E-state index in [2.05, 4.69) is 4.90 Å². The van der Waals surface area contributed by atoms with Crippen molar-refractivity contribution in [1.29, 1.82) is 0 Å². The van der Waals surface area contributed by atoms with Crippen LogP contribution in [0.2, 0.25) is 0 Å². The van der Waals surface area contributed by atoms with Gasteiger partial charge in [-0.2, -0.15) is 0 Å². The summed E-state index contributed by atoms with van der Waals surface area (Å²) in [6.07, 6.45) is 4.40. The Balaban J connectivity index is 1.73. The monoisotopic (exact) mass is 316 g/mol. The minimum Gasteiger partial charge on any atom is -0.444 e. The van der Waals surface area contributed by atoms with Crippen LogP contribution in [0, 0.1) is 5.92 Å². The number of amides is 1. The van der Waals surface area contributed by atoms with Crippen LogP contribution in [-0.2, 0) is 4.74 Å². The van der Waals surface area contributed by atoms with Gasteiger partial charge in [-0.05, 0) is 65.5 Å². The van der Waals surface area contributed by atoms with Crippen molar-refractivity contribution in [2.45, 2.75) is 57.4 Å². The lowest BCUT2D eigenvalue weighted by molar-refractivity contribution is 0.0180. The average Bonchev–Trinajstić information content (AvgIpc) is 2.90. The van der Waals surface area contributed by atoms with Crippen LogP contribution >= 0.6 is 11.6 Å². The lowest BCUT2D eigenvalue weighted by Gasteiger charge is -2.35. The zero-order valence-electron chi connectivity index (χ0n) is 13.6. The van der Waals surface area contributed by atoms with Crippen LogP contribution in [0.15, 0.2) is 0 Å². The van der Waals surface area contributed by atoms with Gasteiger partial charge in [-0.3, -0.25) is 0 Å². The van der Waals surface area contributed by atoms with E-state index in [-0.39, 0.29) is 11.5 Å². The predicted molar refractivity (Wildman–Crippen MR) is 85.8 cm³/mol. The molecule has 2 aliphatic rings. The molecular weight excluding hydrogens is 288 g/mol. The van der Waals surface area contributed by atoms with E-state index in [9.17, 15) is 4.79 Å². The molecule has 1 atom stereocenters. The third-order valence-electron chi connectivity index (χ3n) is 4.33. The van der Waals surface area contributed by atoms with Gasteiger partial charge in [-0.15, -0.1) is 11.6 Å². The van der Waals surface area contributed by atoms with E-state index in [1.165, 1.54) is 25.9 Å². The molecule has 2 fully saturated rings. The van der Waals surface area contributed by atoms with E-state index < -0.39 is 5.60 Å². The fourth-order valence-electron chi connectivity index (χ4n) is 3.13. The molecule has 2 saturated heterocycles. The van der Waals surface area contributed by atoms with Gasteiger partial charge in [-0.1, -0.05) is 0 Å². The molecule has 0 N–H and O–H groups in total. The fraction of sp³-hybridized carbons (Fsp3) is 0.938. The van der Waals surface area contributed by atoms with Crippen LogP contribution < -0.4 is 0 Å². The third kappa shape index (κ3) is 5.33. The Kier molecular flexibility index (Phi) is 5.78. The number of halogens is 1. The highest BCUT2D eigenvalue weighted by atomic mass is 35.5. The SMILES string of the molecule is CC(C)(C)OC(=O)N1CCC(C(Cl)CN2CCCC2)CC1. The van der Waals surface area contributed by atoms with Crippen LogP contribution in [0.4, 0.5) is 4.79 Å². The smallest absolute Gasteiger partial charge is 0.410 e. The van der Waals surface area contributed by atoms with Crippen LogP contribution in [0.5, 0.6) is 0 Å². The summed E-state index contributed by atoms with van der Waals surface area (Å²) in [6, 6.07) is 0. The Hall–Kier alpha value is -0.480. The number of piperidine rings is 1. The van der Waals surface area contributed by atoms with Gasteiger partial charge in [-0.25, -0.2) is 4.79 Å². The second-order valence-electron chi connectivity index (χ2n) is 7.33. The first-order chi connectivity index (χ1) is 9.85.